The van der Waals surface area contributed by atoms with Gasteiger partial charge in [-0.25, -0.2) is 0 Å². The summed E-state index contributed by atoms with van der Waals surface area (Å²) in [5, 5.41) is 0. The second kappa shape index (κ2) is 7.82. The van der Waals surface area contributed by atoms with Crippen molar-refractivity contribution in [3.05, 3.63) is 41.6 Å². The molecule has 2 atom stereocenters. The summed E-state index contributed by atoms with van der Waals surface area (Å²) in [5.74, 6) is 0.259. The van der Waals surface area contributed by atoms with Crippen LogP contribution in [0.1, 0.15) is 43.4 Å². The number of piperidine rings is 1. The molecule has 0 bridgehead atoms. The number of likely N-dealkylation sites (tertiary alicyclic amines) is 1. The van der Waals surface area contributed by atoms with Gasteiger partial charge < -0.3 is 19.3 Å². The molecule has 6 nitrogen and oxygen atoms in total. The molecule has 4 rings (SSSR count). The summed E-state index contributed by atoms with van der Waals surface area (Å²) in [6.07, 6.45) is 5.80. The van der Waals surface area contributed by atoms with Gasteiger partial charge >= 0.3 is 0 Å². The molecule has 0 N–H and O–H groups in total. The maximum Gasteiger partial charge on any atom is 0.225 e. The predicted octanol–water partition coefficient (Wildman–Crippen LogP) is 2.56. The fraction of sp³-hybridized carbons (Fsp3) is 0.524. The van der Waals surface area contributed by atoms with E-state index in [1.165, 1.54) is 0 Å². The zero-order valence-corrected chi connectivity index (χ0v) is 15.7. The third kappa shape index (κ3) is 3.77. The van der Waals surface area contributed by atoms with Gasteiger partial charge in [0.1, 0.15) is 0 Å². The first-order valence-electron chi connectivity index (χ1n) is 9.70. The average molecular weight is 370 g/mol. The van der Waals surface area contributed by atoms with E-state index in [1.807, 2.05) is 35.2 Å². The molecule has 0 saturated carbocycles. The van der Waals surface area contributed by atoms with Crippen LogP contribution in [0.5, 0.6) is 0 Å². The van der Waals surface area contributed by atoms with Gasteiger partial charge in [-0.2, -0.15) is 0 Å². The van der Waals surface area contributed by atoms with Crippen LogP contribution in [0.4, 0.5) is 0 Å². The number of amides is 2. The highest BCUT2D eigenvalue weighted by Crippen LogP contribution is 2.34. The molecule has 2 saturated heterocycles. The Kier molecular flexibility index (Phi) is 5.27. The third-order valence-electron chi connectivity index (χ3n) is 5.68. The number of hydrogen-bond donors (Lipinski definition) is 0. The SMILES string of the molecule is CC(=O)N1C=Cc2ccccc2[C@H]1CC(=O)N1CCC[C@@H](C2OCCO2)C1. The Morgan fingerprint density at radius 3 is 2.74 bits per heavy atom. The van der Waals surface area contributed by atoms with E-state index in [-0.39, 0.29) is 30.1 Å². The van der Waals surface area contributed by atoms with E-state index in [1.54, 1.807) is 18.0 Å². The van der Waals surface area contributed by atoms with Crippen molar-refractivity contribution in [2.45, 2.75) is 38.5 Å². The minimum atomic E-state index is -0.254. The molecule has 2 fully saturated rings. The van der Waals surface area contributed by atoms with Crippen molar-refractivity contribution >= 4 is 17.9 Å². The standard InChI is InChI=1S/C21H26N2O4/c1-15(24)23-10-8-16-5-2-3-7-18(16)19(23)13-20(25)22-9-4-6-17(14-22)21-26-11-12-27-21/h2-3,5,7-8,10,17,19,21H,4,6,9,11-14H2,1H3/t17-,19-/m1/s1. The zero-order valence-electron chi connectivity index (χ0n) is 15.7. The summed E-state index contributed by atoms with van der Waals surface area (Å²) in [6, 6.07) is 7.70. The summed E-state index contributed by atoms with van der Waals surface area (Å²) in [5.41, 5.74) is 2.09. The average Bonchev–Trinajstić information content (AvgIpc) is 3.23. The molecule has 2 amide bonds. The molecule has 1 aromatic carbocycles. The van der Waals surface area contributed by atoms with Crippen molar-refractivity contribution in [1.29, 1.82) is 0 Å². The van der Waals surface area contributed by atoms with Gasteiger partial charge in [0, 0.05) is 32.1 Å². The lowest BCUT2D eigenvalue weighted by Crippen LogP contribution is -2.45. The van der Waals surface area contributed by atoms with Crippen LogP contribution in [-0.2, 0) is 19.1 Å². The summed E-state index contributed by atoms with van der Waals surface area (Å²) in [6.45, 7) is 4.23. The topological polar surface area (TPSA) is 59.1 Å². The van der Waals surface area contributed by atoms with Crippen LogP contribution >= 0.6 is 0 Å². The summed E-state index contributed by atoms with van der Waals surface area (Å²) >= 11 is 0. The number of benzene rings is 1. The molecule has 27 heavy (non-hydrogen) atoms. The van der Waals surface area contributed by atoms with Gasteiger partial charge in [-0.3, -0.25) is 9.59 Å². The molecular weight excluding hydrogens is 344 g/mol. The Morgan fingerprint density at radius 1 is 1.19 bits per heavy atom. The fourth-order valence-corrected chi connectivity index (χ4v) is 4.32. The van der Waals surface area contributed by atoms with Gasteiger partial charge in [0.15, 0.2) is 6.29 Å². The number of carbonyl (C=O) groups is 2. The van der Waals surface area contributed by atoms with Crippen molar-refractivity contribution in [3.8, 4) is 0 Å². The number of ether oxygens (including phenoxy) is 2. The second-order valence-corrected chi connectivity index (χ2v) is 7.44. The van der Waals surface area contributed by atoms with Crippen LogP contribution in [0, 0.1) is 5.92 Å². The van der Waals surface area contributed by atoms with Crippen molar-refractivity contribution in [3.63, 3.8) is 0 Å². The Balaban J connectivity index is 1.48. The van der Waals surface area contributed by atoms with E-state index in [9.17, 15) is 9.59 Å². The van der Waals surface area contributed by atoms with Crippen LogP contribution in [0.2, 0.25) is 0 Å². The minimum Gasteiger partial charge on any atom is -0.350 e. The predicted molar refractivity (Wildman–Crippen MR) is 100 cm³/mol. The van der Waals surface area contributed by atoms with Crippen molar-refractivity contribution in [2.75, 3.05) is 26.3 Å². The number of carbonyl (C=O) groups excluding carboxylic acids is 2. The second-order valence-electron chi connectivity index (χ2n) is 7.44. The molecule has 144 valence electrons. The molecule has 3 heterocycles. The Labute approximate surface area is 159 Å². The molecule has 0 radical (unpaired) electrons. The smallest absolute Gasteiger partial charge is 0.225 e. The first-order chi connectivity index (χ1) is 13.1. The maximum atomic E-state index is 13.1. The van der Waals surface area contributed by atoms with Crippen molar-refractivity contribution in [2.24, 2.45) is 5.92 Å². The van der Waals surface area contributed by atoms with E-state index < -0.39 is 0 Å². The van der Waals surface area contributed by atoms with Crippen LogP contribution in [-0.4, -0.2) is 54.2 Å². The quantitative estimate of drug-likeness (QED) is 0.821. The maximum absolute atomic E-state index is 13.1. The normalized spacial score (nSPS) is 25.5. The van der Waals surface area contributed by atoms with E-state index in [2.05, 4.69) is 0 Å². The molecule has 0 aliphatic carbocycles. The highest BCUT2D eigenvalue weighted by atomic mass is 16.7. The zero-order chi connectivity index (χ0) is 18.8. The van der Waals surface area contributed by atoms with Crippen LogP contribution in [0.3, 0.4) is 0 Å². The third-order valence-corrected chi connectivity index (χ3v) is 5.68. The van der Waals surface area contributed by atoms with Gasteiger partial charge in [-0.1, -0.05) is 24.3 Å². The summed E-state index contributed by atoms with van der Waals surface area (Å²) < 4.78 is 11.3. The number of rotatable bonds is 3. The molecule has 0 unspecified atom stereocenters. The van der Waals surface area contributed by atoms with E-state index in [0.29, 0.717) is 26.2 Å². The number of hydrogen-bond acceptors (Lipinski definition) is 4. The molecule has 1 aromatic rings. The summed E-state index contributed by atoms with van der Waals surface area (Å²) in [7, 11) is 0. The molecule has 0 spiro atoms. The van der Waals surface area contributed by atoms with Gasteiger partial charge in [-0.05, 0) is 30.0 Å². The summed E-state index contributed by atoms with van der Waals surface area (Å²) in [4.78, 5) is 28.8. The molecule has 3 aliphatic rings. The largest absolute Gasteiger partial charge is 0.350 e. The molecule has 0 aromatic heterocycles. The lowest BCUT2D eigenvalue weighted by molar-refractivity contribution is -0.141. The van der Waals surface area contributed by atoms with E-state index in [4.69, 9.17) is 9.47 Å². The van der Waals surface area contributed by atoms with Crippen LogP contribution in [0.25, 0.3) is 6.08 Å². The van der Waals surface area contributed by atoms with Gasteiger partial charge in [0.2, 0.25) is 11.8 Å². The number of fused-ring (bicyclic) bond motifs is 1. The number of nitrogens with zero attached hydrogens (tertiary/aromatic N) is 2. The Hall–Kier alpha value is -2.18. The highest BCUT2D eigenvalue weighted by Gasteiger charge is 2.35. The van der Waals surface area contributed by atoms with Gasteiger partial charge in [-0.15, -0.1) is 0 Å². The van der Waals surface area contributed by atoms with Crippen molar-refractivity contribution < 1.29 is 19.1 Å². The molecule has 3 aliphatic heterocycles. The fourth-order valence-electron chi connectivity index (χ4n) is 4.32. The van der Waals surface area contributed by atoms with Crippen LogP contribution in [0.15, 0.2) is 30.5 Å². The van der Waals surface area contributed by atoms with E-state index >= 15 is 0 Å². The lowest BCUT2D eigenvalue weighted by Gasteiger charge is -2.37. The molecular formula is C21H26N2O4. The Bertz CT molecular complexity index is 741. The molecule has 6 heteroatoms. The van der Waals surface area contributed by atoms with Gasteiger partial charge in [0.05, 0.1) is 25.7 Å². The highest BCUT2D eigenvalue weighted by molar-refractivity contribution is 5.82. The minimum absolute atomic E-state index is 0.0529. The van der Waals surface area contributed by atoms with E-state index in [0.717, 1.165) is 30.5 Å². The van der Waals surface area contributed by atoms with Crippen molar-refractivity contribution in [1.82, 2.24) is 9.80 Å². The first-order valence-corrected chi connectivity index (χ1v) is 9.70. The first kappa shape index (κ1) is 18.2. The lowest BCUT2D eigenvalue weighted by atomic mass is 9.92. The Morgan fingerprint density at radius 2 is 1.96 bits per heavy atom. The van der Waals surface area contributed by atoms with Crippen LogP contribution < -0.4 is 0 Å². The van der Waals surface area contributed by atoms with Gasteiger partial charge in [0.25, 0.3) is 0 Å². The monoisotopic (exact) mass is 370 g/mol.